The summed E-state index contributed by atoms with van der Waals surface area (Å²) in [6, 6.07) is 22.5. The maximum absolute atomic E-state index is 13.2. The molecule has 200 valence electrons. The second-order valence-corrected chi connectivity index (χ2v) is 11.6. The van der Waals surface area contributed by atoms with Gasteiger partial charge in [-0.1, -0.05) is 66.4 Å². The lowest BCUT2D eigenvalue weighted by atomic mass is 10.1. The predicted molar refractivity (Wildman–Crippen MR) is 163 cm³/mol. The van der Waals surface area contributed by atoms with Crippen LogP contribution in [0, 0.1) is 5.92 Å². The fraction of sp³-hybridized carbons (Fsp3) is 0.194. The van der Waals surface area contributed by atoms with Gasteiger partial charge in [-0.15, -0.1) is 0 Å². The molecule has 40 heavy (non-hydrogen) atoms. The summed E-state index contributed by atoms with van der Waals surface area (Å²) >= 11 is 6.82. The highest BCUT2D eigenvalue weighted by Crippen LogP contribution is 2.35. The van der Waals surface area contributed by atoms with Crippen molar-refractivity contribution < 1.29 is 14.7 Å². The molecule has 0 atom stereocenters. The summed E-state index contributed by atoms with van der Waals surface area (Å²) in [5.74, 6) is 0.375. The highest BCUT2D eigenvalue weighted by Gasteiger charge is 2.31. The van der Waals surface area contributed by atoms with Crippen LogP contribution in [0.3, 0.4) is 0 Å². The summed E-state index contributed by atoms with van der Waals surface area (Å²) in [6.45, 7) is 1.31. The van der Waals surface area contributed by atoms with E-state index in [1.807, 2.05) is 54.6 Å². The number of carbonyl (C=O) groups is 2. The van der Waals surface area contributed by atoms with Gasteiger partial charge in [0.15, 0.2) is 5.82 Å². The number of para-hydroxylation sites is 2. The third kappa shape index (κ3) is 5.76. The maximum atomic E-state index is 13.2. The Kier molecular flexibility index (Phi) is 7.32. The van der Waals surface area contributed by atoms with E-state index in [0.717, 1.165) is 45.8 Å². The summed E-state index contributed by atoms with van der Waals surface area (Å²) < 4.78 is 0.515. The smallest absolute Gasteiger partial charge is 0.335 e. The van der Waals surface area contributed by atoms with E-state index in [2.05, 4.69) is 5.32 Å². The Hall–Kier alpha value is -4.08. The van der Waals surface area contributed by atoms with Gasteiger partial charge in [0.05, 0.1) is 21.5 Å². The lowest BCUT2D eigenvalue weighted by Gasteiger charge is -2.14. The molecule has 7 nitrogen and oxygen atoms in total. The van der Waals surface area contributed by atoms with Crippen molar-refractivity contribution in [3.05, 3.63) is 94.4 Å². The molecular formula is C31H26N4O3S2. The highest BCUT2D eigenvalue weighted by atomic mass is 32.2. The number of carbonyl (C=O) groups excluding carboxylic acids is 1. The third-order valence-corrected chi connectivity index (χ3v) is 8.36. The van der Waals surface area contributed by atoms with Gasteiger partial charge in [-0.3, -0.25) is 9.69 Å². The minimum absolute atomic E-state index is 0.125. The second-order valence-electron chi connectivity index (χ2n) is 9.94. The number of hydrogen-bond acceptors (Lipinski definition) is 7. The molecule has 4 aromatic rings. The molecule has 3 aromatic carbocycles. The van der Waals surface area contributed by atoms with E-state index in [4.69, 9.17) is 27.3 Å². The average molecular weight is 567 g/mol. The van der Waals surface area contributed by atoms with Gasteiger partial charge >= 0.3 is 5.97 Å². The van der Waals surface area contributed by atoms with Crippen molar-refractivity contribution in [1.82, 2.24) is 14.9 Å². The fourth-order valence-corrected chi connectivity index (χ4v) is 5.87. The molecule has 0 bridgehead atoms. The van der Waals surface area contributed by atoms with Gasteiger partial charge in [0, 0.05) is 18.7 Å². The van der Waals surface area contributed by atoms with Crippen molar-refractivity contribution in [2.45, 2.75) is 19.3 Å². The SMILES string of the molecule is O=C(O)c1ccc(CCN2C(=O)/C(=C/c3cccc(-c4nc5ccccc5nc4NCC4CC4)c3)SC2=S)cc1. The standard InChI is InChI=1S/C31H26N4O3S2/c36-29-26(40-31(39)35(29)15-14-19-10-12-22(13-11-19)30(37)38)17-21-4-3-5-23(16-21)27-28(32-18-20-8-9-20)34-25-7-2-1-6-24(25)33-27/h1-7,10-13,16-17,20H,8-9,14-15,18H2,(H,32,34)(H,37,38)/b26-17-. The zero-order valence-electron chi connectivity index (χ0n) is 21.5. The molecule has 9 heteroatoms. The number of hydrogen-bond donors (Lipinski definition) is 2. The number of nitrogens with zero attached hydrogens (tertiary/aromatic N) is 3. The molecule has 1 aliphatic heterocycles. The molecule has 0 spiro atoms. The van der Waals surface area contributed by atoms with Crippen LogP contribution in [-0.2, 0) is 11.2 Å². The summed E-state index contributed by atoms with van der Waals surface area (Å²) in [5, 5.41) is 12.6. The number of aromatic carboxylic acids is 1. The van der Waals surface area contributed by atoms with E-state index in [9.17, 15) is 9.59 Å². The van der Waals surface area contributed by atoms with Crippen molar-refractivity contribution in [3.63, 3.8) is 0 Å². The first-order valence-corrected chi connectivity index (χ1v) is 14.4. The number of thiocarbonyl (C=S) groups is 1. The molecular weight excluding hydrogens is 541 g/mol. The van der Waals surface area contributed by atoms with Crippen molar-refractivity contribution in [2.24, 2.45) is 5.92 Å². The zero-order chi connectivity index (χ0) is 27.6. The Morgan fingerprint density at radius 1 is 1.05 bits per heavy atom. The third-order valence-electron chi connectivity index (χ3n) is 6.98. The van der Waals surface area contributed by atoms with Gasteiger partial charge in [-0.05, 0) is 72.7 Å². The number of carboxylic acid groups (broad SMARTS) is 1. The molecule has 6 rings (SSSR count). The Balaban J connectivity index is 1.22. The molecule has 0 radical (unpaired) electrons. The Morgan fingerprint density at radius 2 is 1.80 bits per heavy atom. The van der Waals surface area contributed by atoms with Crippen LogP contribution in [0.4, 0.5) is 5.82 Å². The van der Waals surface area contributed by atoms with Crippen molar-refractivity contribution in [2.75, 3.05) is 18.4 Å². The summed E-state index contributed by atoms with van der Waals surface area (Å²) in [5.41, 5.74) is 5.45. The summed E-state index contributed by atoms with van der Waals surface area (Å²) in [6.07, 6.45) is 4.94. The second kappa shape index (κ2) is 11.2. The number of anilines is 1. The molecule has 2 aliphatic rings. The molecule has 1 saturated carbocycles. The van der Waals surface area contributed by atoms with E-state index in [1.54, 1.807) is 29.2 Å². The Morgan fingerprint density at radius 3 is 2.52 bits per heavy atom. The van der Waals surface area contributed by atoms with Gasteiger partial charge in [0.1, 0.15) is 10.0 Å². The Labute approximate surface area is 241 Å². The maximum Gasteiger partial charge on any atom is 0.335 e. The fourth-order valence-electron chi connectivity index (χ4n) is 4.56. The molecule has 1 amide bonds. The average Bonchev–Trinajstić information content (AvgIpc) is 3.76. The quantitative estimate of drug-likeness (QED) is 0.181. The summed E-state index contributed by atoms with van der Waals surface area (Å²) in [4.78, 5) is 36.3. The van der Waals surface area contributed by atoms with Crippen LogP contribution in [0.5, 0.6) is 0 Å². The largest absolute Gasteiger partial charge is 0.478 e. The van der Waals surface area contributed by atoms with E-state index in [1.165, 1.54) is 24.6 Å². The first-order chi connectivity index (χ1) is 19.4. The van der Waals surface area contributed by atoms with Gasteiger partial charge in [0.2, 0.25) is 0 Å². The lowest BCUT2D eigenvalue weighted by molar-refractivity contribution is -0.122. The number of benzene rings is 3. The topological polar surface area (TPSA) is 95.4 Å². The number of thioether (sulfide) groups is 1. The van der Waals surface area contributed by atoms with Crippen molar-refractivity contribution in [3.8, 4) is 11.3 Å². The van der Waals surface area contributed by atoms with Crippen LogP contribution in [0.15, 0.2) is 77.7 Å². The van der Waals surface area contributed by atoms with E-state index >= 15 is 0 Å². The number of rotatable bonds is 9. The van der Waals surface area contributed by atoms with Gasteiger partial charge in [-0.25, -0.2) is 14.8 Å². The number of aromatic nitrogens is 2. The number of carboxylic acids is 1. The van der Waals surface area contributed by atoms with E-state index < -0.39 is 5.97 Å². The minimum atomic E-state index is -0.962. The van der Waals surface area contributed by atoms with Crippen molar-refractivity contribution >= 4 is 63.1 Å². The molecule has 2 heterocycles. The van der Waals surface area contributed by atoms with Crippen LogP contribution in [0.25, 0.3) is 28.4 Å². The zero-order valence-corrected chi connectivity index (χ0v) is 23.2. The van der Waals surface area contributed by atoms with Crippen LogP contribution in [0.1, 0.15) is 34.3 Å². The van der Waals surface area contributed by atoms with Crippen molar-refractivity contribution in [1.29, 1.82) is 0 Å². The van der Waals surface area contributed by atoms with E-state index in [0.29, 0.717) is 28.1 Å². The van der Waals surface area contributed by atoms with Crippen LogP contribution >= 0.6 is 24.0 Å². The number of amides is 1. The van der Waals surface area contributed by atoms with Crippen LogP contribution in [0.2, 0.25) is 0 Å². The molecule has 1 aliphatic carbocycles. The van der Waals surface area contributed by atoms with Gasteiger partial charge in [0.25, 0.3) is 5.91 Å². The van der Waals surface area contributed by atoms with Crippen LogP contribution in [-0.4, -0.2) is 49.3 Å². The molecule has 2 N–H and O–H groups in total. The highest BCUT2D eigenvalue weighted by molar-refractivity contribution is 8.26. The summed E-state index contributed by atoms with van der Waals surface area (Å²) in [7, 11) is 0. The minimum Gasteiger partial charge on any atom is -0.478 e. The number of fused-ring (bicyclic) bond motifs is 1. The first kappa shape index (κ1) is 26.2. The van der Waals surface area contributed by atoms with E-state index in [-0.39, 0.29) is 11.5 Å². The van der Waals surface area contributed by atoms with Gasteiger partial charge < -0.3 is 10.4 Å². The lowest BCUT2D eigenvalue weighted by Crippen LogP contribution is -2.30. The molecule has 2 fully saturated rings. The monoisotopic (exact) mass is 566 g/mol. The molecule has 1 saturated heterocycles. The Bertz CT molecular complexity index is 1670. The normalized spacial score (nSPS) is 16.2. The molecule has 1 aromatic heterocycles. The number of nitrogens with one attached hydrogen (secondary N) is 1. The molecule has 0 unspecified atom stereocenters. The predicted octanol–water partition coefficient (Wildman–Crippen LogP) is 6.26. The van der Waals surface area contributed by atoms with Gasteiger partial charge in [-0.2, -0.15) is 0 Å². The first-order valence-electron chi connectivity index (χ1n) is 13.1. The van der Waals surface area contributed by atoms with Crippen LogP contribution < -0.4 is 5.32 Å².